The van der Waals surface area contributed by atoms with Gasteiger partial charge >= 0.3 is 0 Å². The van der Waals surface area contributed by atoms with Crippen LogP contribution in [0.5, 0.6) is 0 Å². The Kier molecular flexibility index (Phi) is 4.61. The number of halogens is 1. The largest absolute Gasteiger partial charge is 0.397 e. The van der Waals surface area contributed by atoms with E-state index < -0.39 is 0 Å². The van der Waals surface area contributed by atoms with Crippen molar-refractivity contribution >= 4 is 39.9 Å². The number of hydrogen-bond donors (Lipinski definition) is 2. The smallest absolute Gasteiger partial charge is 0.267 e. The van der Waals surface area contributed by atoms with Gasteiger partial charge in [0.2, 0.25) is 5.91 Å². The Morgan fingerprint density at radius 3 is 2.81 bits per heavy atom. The Morgan fingerprint density at radius 2 is 2.14 bits per heavy atom. The number of amides is 1. The van der Waals surface area contributed by atoms with E-state index in [9.17, 15) is 9.59 Å². The normalized spacial score (nSPS) is 10.4. The SMILES string of the molecule is Cc1ccc(NC(=O)Cn2c(C)ncc(I)c2=O)c(N)c1. The summed E-state index contributed by atoms with van der Waals surface area (Å²) < 4.78 is 1.81. The molecule has 21 heavy (non-hydrogen) atoms. The molecule has 2 rings (SSSR count). The van der Waals surface area contributed by atoms with Crippen molar-refractivity contribution in [1.82, 2.24) is 9.55 Å². The van der Waals surface area contributed by atoms with Crippen LogP contribution in [0.4, 0.5) is 11.4 Å². The Labute approximate surface area is 135 Å². The van der Waals surface area contributed by atoms with Crippen LogP contribution in [0.15, 0.2) is 29.2 Å². The predicted molar refractivity (Wildman–Crippen MR) is 90.2 cm³/mol. The van der Waals surface area contributed by atoms with Crippen molar-refractivity contribution in [1.29, 1.82) is 0 Å². The maximum absolute atomic E-state index is 12.1. The summed E-state index contributed by atoms with van der Waals surface area (Å²) in [5, 5.41) is 2.71. The minimum Gasteiger partial charge on any atom is -0.397 e. The Hall–Kier alpha value is -1.90. The van der Waals surface area contributed by atoms with Gasteiger partial charge in [-0.1, -0.05) is 6.07 Å². The zero-order valence-corrected chi connectivity index (χ0v) is 13.8. The van der Waals surface area contributed by atoms with Crippen molar-refractivity contribution in [2.75, 3.05) is 11.1 Å². The molecular formula is C14H15IN4O2. The molecule has 6 nitrogen and oxygen atoms in total. The minimum absolute atomic E-state index is 0.0954. The van der Waals surface area contributed by atoms with Crippen LogP contribution in [-0.2, 0) is 11.3 Å². The van der Waals surface area contributed by atoms with E-state index in [1.54, 1.807) is 19.1 Å². The molecule has 1 aromatic heterocycles. The summed E-state index contributed by atoms with van der Waals surface area (Å²) in [5.41, 5.74) is 7.67. The lowest BCUT2D eigenvalue weighted by Gasteiger charge is -2.11. The molecule has 0 atom stereocenters. The molecule has 1 amide bonds. The van der Waals surface area contributed by atoms with Gasteiger partial charge in [0.1, 0.15) is 12.4 Å². The van der Waals surface area contributed by atoms with E-state index in [4.69, 9.17) is 5.73 Å². The van der Waals surface area contributed by atoms with Gasteiger partial charge in [0.15, 0.2) is 0 Å². The summed E-state index contributed by atoms with van der Waals surface area (Å²) in [4.78, 5) is 28.2. The van der Waals surface area contributed by atoms with Gasteiger partial charge in [0.05, 0.1) is 14.9 Å². The molecule has 7 heteroatoms. The third kappa shape index (κ3) is 3.60. The van der Waals surface area contributed by atoms with Crippen LogP contribution in [0.1, 0.15) is 11.4 Å². The predicted octanol–water partition coefficient (Wildman–Crippen LogP) is 1.69. The Balaban J connectivity index is 2.20. The van der Waals surface area contributed by atoms with Crippen LogP contribution in [0.3, 0.4) is 0 Å². The molecule has 0 radical (unpaired) electrons. The lowest BCUT2D eigenvalue weighted by Crippen LogP contribution is -2.31. The highest BCUT2D eigenvalue weighted by molar-refractivity contribution is 14.1. The highest BCUT2D eigenvalue weighted by Gasteiger charge is 2.11. The average Bonchev–Trinajstić information content (AvgIpc) is 2.42. The van der Waals surface area contributed by atoms with E-state index in [1.165, 1.54) is 10.8 Å². The van der Waals surface area contributed by atoms with Crippen molar-refractivity contribution in [2.45, 2.75) is 20.4 Å². The second kappa shape index (κ2) is 6.25. The number of aromatic nitrogens is 2. The molecule has 0 fully saturated rings. The number of nitrogens with zero attached hydrogens (tertiary/aromatic N) is 2. The number of hydrogen-bond acceptors (Lipinski definition) is 4. The van der Waals surface area contributed by atoms with Crippen molar-refractivity contribution < 1.29 is 4.79 Å². The molecule has 0 saturated carbocycles. The van der Waals surface area contributed by atoms with Gasteiger partial charge in [-0.15, -0.1) is 0 Å². The number of benzene rings is 1. The van der Waals surface area contributed by atoms with E-state index in [0.717, 1.165) is 5.56 Å². The number of nitrogens with two attached hydrogens (primary N) is 1. The third-order valence-corrected chi connectivity index (χ3v) is 3.73. The van der Waals surface area contributed by atoms with Crippen LogP contribution in [-0.4, -0.2) is 15.5 Å². The van der Waals surface area contributed by atoms with Gasteiger partial charge in [0.25, 0.3) is 5.56 Å². The average molecular weight is 398 g/mol. The van der Waals surface area contributed by atoms with E-state index in [1.807, 2.05) is 35.6 Å². The zero-order valence-electron chi connectivity index (χ0n) is 11.7. The second-order valence-electron chi connectivity index (χ2n) is 4.68. The zero-order chi connectivity index (χ0) is 15.6. The van der Waals surface area contributed by atoms with E-state index in [2.05, 4.69) is 10.3 Å². The number of rotatable bonds is 3. The fourth-order valence-corrected chi connectivity index (χ4v) is 2.30. The summed E-state index contributed by atoms with van der Waals surface area (Å²) >= 11 is 1.90. The summed E-state index contributed by atoms with van der Waals surface area (Å²) in [6.45, 7) is 3.51. The Bertz CT molecular complexity index is 755. The van der Waals surface area contributed by atoms with Crippen LogP contribution >= 0.6 is 22.6 Å². The highest BCUT2D eigenvalue weighted by atomic mass is 127. The van der Waals surface area contributed by atoms with Gasteiger partial charge in [-0.3, -0.25) is 14.2 Å². The van der Waals surface area contributed by atoms with Crippen molar-refractivity contribution in [3.63, 3.8) is 0 Å². The standard InChI is InChI=1S/C14H15IN4O2/c1-8-3-4-12(11(16)5-8)18-13(20)7-19-9(2)17-6-10(15)14(19)21/h3-6H,7,16H2,1-2H3,(H,18,20). The van der Waals surface area contributed by atoms with Crippen molar-refractivity contribution in [2.24, 2.45) is 0 Å². The number of aryl methyl sites for hydroxylation is 2. The maximum atomic E-state index is 12.1. The van der Waals surface area contributed by atoms with Gasteiger partial charge in [-0.25, -0.2) is 4.98 Å². The maximum Gasteiger partial charge on any atom is 0.267 e. The number of carbonyl (C=O) groups excluding carboxylic acids is 1. The molecule has 2 aromatic rings. The molecule has 0 aliphatic heterocycles. The first-order chi connectivity index (χ1) is 9.88. The van der Waals surface area contributed by atoms with E-state index >= 15 is 0 Å². The summed E-state index contributed by atoms with van der Waals surface area (Å²) in [7, 11) is 0. The molecule has 3 N–H and O–H groups in total. The van der Waals surface area contributed by atoms with Crippen LogP contribution in [0.25, 0.3) is 0 Å². The van der Waals surface area contributed by atoms with Gasteiger partial charge in [-0.05, 0) is 54.1 Å². The minimum atomic E-state index is -0.320. The molecule has 1 heterocycles. The van der Waals surface area contributed by atoms with Gasteiger partial charge < -0.3 is 11.1 Å². The van der Waals surface area contributed by atoms with Crippen LogP contribution in [0, 0.1) is 17.4 Å². The quantitative estimate of drug-likeness (QED) is 0.608. The van der Waals surface area contributed by atoms with E-state index in [-0.39, 0.29) is 18.0 Å². The molecule has 1 aromatic carbocycles. The van der Waals surface area contributed by atoms with Crippen LogP contribution in [0.2, 0.25) is 0 Å². The molecule has 0 spiro atoms. The number of anilines is 2. The molecule has 0 saturated heterocycles. The molecule has 0 unspecified atom stereocenters. The molecular weight excluding hydrogens is 383 g/mol. The molecule has 0 aliphatic carbocycles. The first kappa shape index (κ1) is 15.5. The molecule has 0 bridgehead atoms. The summed E-state index contributed by atoms with van der Waals surface area (Å²) in [6, 6.07) is 5.38. The van der Waals surface area contributed by atoms with Gasteiger partial charge in [0, 0.05) is 6.20 Å². The van der Waals surface area contributed by atoms with Crippen molar-refractivity contribution in [3.05, 3.63) is 49.7 Å². The number of nitrogens with one attached hydrogen (secondary N) is 1. The molecule has 110 valence electrons. The highest BCUT2D eigenvalue weighted by Crippen LogP contribution is 2.19. The summed E-state index contributed by atoms with van der Waals surface area (Å²) in [5.74, 6) is 0.173. The third-order valence-electron chi connectivity index (χ3n) is 2.99. The fourth-order valence-electron chi connectivity index (χ4n) is 1.87. The van der Waals surface area contributed by atoms with Crippen molar-refractivity contribution in [3.8, 4) is 0 Å². The van der Waals surface area contributed by atoms with Gasteiger partial charge in [-0.2, -0.15) is 0 Å². The monoisotopic (exact) mass is 398 g/mol. The topological polar surface area (TPSA) is 90.0 Å². The fraction of sp³-hybridized carbons (Fsp3) is 0.214. The number of carbonyl (C=O) groups is 1. The van der Waals surface area contributed by atoms with Crippen LogP contribution < -0.4 is 16.6 Å². The second-order valence-corrected chi connectivity index (χ2v) is 5.85. The summed E-state index contributed by atoms with van der Waals surface area (Å²) in [6.07, 6.45) is 1.49. The Morgan fingerprint density at radius 1 is 1.43 bits per heavy atom. The first-order valence-corrected chi connectivity index (χ1v) is 7.34. The lowest BCUT2D eigenvalue weighted by atomic mass is 10.2. The first-order valence-electron chi connectivity index (χ1n) is 6.26. The molecule has 0 aliphatic rings. The van der Waals surface area contributed by atoms with E-state index in [0.29, 0.717) is 20.8 Å². The number of nitrogen functional groups attached to an aromatic ring is 1. The lowest BCUT2D eigenvalue weighted by molar-refractivity contribution is -0.116.